The Hall–Kier alpha value is -4.19. The molecule has 4 fully saturated rings. The number of rotatable bonds is 9. The highest BCUT2D eigenvalue weighted by Gasteiger charge is 2.60. The fraction of sp³-hybridized carbons (Fsp3) is 0.605. The molecule has 11 atom stereocenters. The van der Waals surface area contributed by atoms with E-state index < -0.39 is 90.5 Å². The number of carbonyl (C=O) groups excluding carboxylic acids is 3. The van der Waals surface area contributed by atoms with Gasteiger partial charge in [-0.2, -0.15) is 0 Å². The Labute approximate surface area is 311 Å². The number of hydrogen-bond donors (Lipinski definition) is 0. The Morgan fingerprint density at radius 2 is 1.57 bits per heavy atom. The van der Waals surface area contributed by atoms with E-state index in [0.717, 1.165) is 11.1 Å². The molecule has 16 nitrogen and oxygen atoms in total. The van der Waals surface area contributed by atoms with Gasteiger partial charge in [0.15, 0.2) is 41.4 Å². The van der Waals surface area contributed by atoms with Crippen molar-refractivity contribution in [2.45, 2.75) is 88.9 Å². The van der Waals surface area contributed by atoms with Gasteiger partial charge in [0.1, 0.15) is 24.4 Å². The molecule has 2 aromatic rings. The summed E-state index contributed by atoms with van der Waals surface area (Å²) in [5, 5.41) is 0. The molecule has 0 amide bonds. The van der Waals surface area contributed by atoms with Crippen LogP contribution < -0.4 is 23.7 Å². The highest BCUT2D eigenvalue weighted by Crippen LogP contribution is 2.57. The largest absolute Gasteiger partial charge is 0.493 e. The molecule has 8 rings (SSSR count). The van der Waals surface area contributed by atoms with Gasteiger partial charge in [0.05, 0.1) is 58.9 Å². The maximum atomic E-state index is 13.9. The molecule has 0 spiro atoms. The Kier molecular flexibility index (Phi) is 9.63. The molecule has 0 saturated carbocycles. The van der Waals surface area contributed by atoms with Crippen LogP contribution in [0.4, 0.5) is 0 Å². The van der Waals surface area contributed by atoms with E-state index in [2.05, 4.69) is 0 Å². The molecular weight excluding hydrogens is 712 g/mol. The molecular formula is C38H44O16. The lowest BCUT2D eigenvalue weighted by atomic mass is 9.66. The predicted molar refractivity (Wildman–Crippen MR) is 180 cm³/mol. The van der Waals surface area contributed by atoms with Crippen molar-refractivity contribution < 1.29 is 76.0 Å². The van der Waals surface area contributed by atoms with Crippen molar-refractivity contribution in [1.29, 1.82) is 0 Å². The molecule has 1 aliphatic carbocycles. The number of hydrogen-bond acceptors (Lipinski definition) is 16. The summed E-state index contributed by atoms with van der Waals surface area (Å²) in [6.07, 6.45) is -4.36. The van der Waals surface area contributed by atoms with Gasteiger partial charge < -0.3 is 61.6 Å². The molecule has 0 aromatic heterocycles. The summed E-state index contributed by atoms with van der Waals surface area (Å²) in [5.41, 5.74) is 2.08. The lowest BCUT2D eigenvalue weighted by Gasteiger charge is -2.47. The van der Waals surface area contributed by atoms with Crippen LogP contribution in [-0.2, 0) is 52.3 Å². The summed E-state index contributed by atoms with van der Waals surface area (Å²) in [6.45, 7) is 7.41. The van der Waals surface area contributed by atoms with Crippen molar-refractivity contribution in [2.75, 3.05) is 41.3 Å². The molecule has 5 heterocycles. The van der Waals surface area contributed by atoms with E-state index in [1.54, 1.807) is 19.1 Å². The summed E-state index contributed by atoms with van der Waals surface area (Å²) >= 11 is 0. The monoisotopic (exact) mass is 756 g/mol. The van der Waals surface area contributed by atoms with E-state index in [4.69, 9.17) is 61.6 Å². The van der Waals surface area contributed by atoms with E-state index >= 15 is 0 Å². The van der Waals surface area contributed by atoms with Gasteiger partial charge in [-0.1, -0.05) is 6.92 Å². The number of cyclic esters (lactones) is 1. The quantitative estimate of drug-likeness (QED) is 0.269. The number of ether oxygens (including phenoxy) is 13. The molecule has 5 aliphatic heterocycles. The van der Waals surface area contributed by atoms with Gasteiger partial charge in [0.2, 0.25) is 12.5 Å². The first kappa shape index (κ1) is 36.8. The zero-order valence-corrected chi connectivity index (χ0v) is 31.0. The molecule has 16 heteroatoms. The van der Waals surface area contributed by atoms with Gasteiger partial charge in [0.25, 0.3) is 0 Å². The van der Waals surface area contributed by atoms with Crippen LogP contribution in [0.25, 0.3) is 0 Å². The molecule has 292 valence electrons. The third kappa shape index (κ3) is 6.41. The van der Waals surface area contributed by atoms with Crippen LogP contribution in [0.1, 0.15) is 62.8 Å². The highest BCUT2D eigenvalue weighted by atomic mass is 16.8. The number of carbonyl (C=O) groups is 3. The maximum Gasteiger partial charge on any atom is 0.314 e. The van der Waals surface area contributed by atoms with Crippen molar-refractivity contribution in [1.82, 2.24) is 0 Å². The number of esters is 3. The van der Waals surface area contributed by atoms with Crippen LogP contribution in [0.15, 0.2) is 24.3 Å². The third-order valence-electron chi connectivity index (χ3n) is 10.8. The van der Waals surface area contributed by atoms with E-state index in [9.17, 15) is 14.4 Å². The molecule has 6 aliphatic rings. The second kappa shape index (κ2) is 14.1. The van der Waals surface area contributed by atoms with E-state index in [0.29, 0.717) is 17.1 Å². The normalized spacial score (nSPS) is 33.4. The second-order valence-electron chi connectivity index (χ2n) is 14.7. The number of methoxy groups -OCH3 is 3. The molecule has 54 heavy (non-hydrogen) atoms. The summed E-state index contributed by atoms with van der Waals surface area (Å²) in [4.78, 5) is 38.8. The number of benzene rings is 2. The van der Waals surface area contributed by atoms with Gasteiger partial charge in [-0.25, -0.2) is 0 Å². The van der Waals surface area contributed by atoms with Crippen LogP contribution in [0.3, 0.4) is 0 Å². The van der Waals surface area contributed by atoms with E-state index in [1.165, 1.54) is 21.3 Å². The number of fused-ring (bicyclic) bond motifs is 6. The average Bonchev–Trinajstić information content (AvgIpc) is 3.87. The smallest absolute Gasteiger partial charge is 0.314 e. The van der Waals surface area contributed by atoms with Gasteiger partial charge in [0, 0.05) is 11.8 Å². The van der Waals surface area contributed by atoms with Crippen molar-refractivity contribution >= 4 is 17.9 Å². The van der Waals surface area contributed by atoms with Gasteiger partial charge in [-0.05, 0) is 61.7 Å². The molecule has 4 saturated heterocycles. The summed E-state index contributed by atoms with van der Waals surface area (Å²) in [6, 6.07) is 7.12. The zero-order chi connectivity index (χ0) is 38.1. The Bertz CT molecular complexity index is 1780. The molecule has 2 aromatic carbocycles. The first-order chi connectivity index (χ1) is 25.9. The summed E-state index contributed by atoms with van der Waals surface area (Å²) in [7, 11) is 4.10. The van der Waals surface area contributed by atoms with Crippen molar-refractivity contribution in [2.24, 2.45) is 17.8 Å². The summed E-state index contributed by atoms with van der Waals surface area (Å²) < 4.78 is 77.5. The molecule has 0 N–H and O–H groups in total. The average molecular weight is 757 g/mol. The molecule has 2 unspecified atom stereocenters. The minimum atomic E-state index is -0.936. The first-order valence-corrected chi connectivity index (χ1v) is 18.0. The highest BCUT2D eigenvalue weighted by molar-refractivity contribution is 5.82. The lowest BCUT2D eigenvalue weighted by molar-refractivity contribution is -0.349. The van der Waals surface area contributed by atoms with Gasteiger partial charge in [-0.3, -0.25) is 14.4 Å². The van der Waals surface area contributed by atoms with Crippen molar-refractivity contribution in [3.63, 3.8) is 0 Å². The SMILES string of the molecule is COC(=O)CC(C)C(=O)Oc1c(OC)cc([C@@H]2c3cc4c(cc3[C@@H](OC3O[C@@H]5CO[C@@H](C)O[C@H]5[C@@H]5OC(C)(C)O[C@@H]35)[C@H]3COC(=O)[C@H]23)OCO4)cc1OC. The van der Waals surface area contributed by atoms with Crippen LogP contribution in [0.5, 0.6) is 28.7 Å². The van der Waals surface area contributed by atoms with Crippen LogP contribution in [0, 0.1) is 17.8 Å². The zero-order valence-electron chi connectivity index (χ0n) is 31.0. The lowest BCUT2D eigenvalue weighted by Crippen LogP contribution is -2.62. The predicted octanol–water partition coefficient (Wildman–Crippen LogP) is 3.54. The Morgan fingerprint density at radius 3 is 2.26 bits per heavy atom. The minimum Gasteiger partial charge on any atom is -0.493 e. The fourth-order valence-corrected chi connectivity index (χ4v) is 8.35. The van der Waals surface area contributed by atoms with Crippen molar-refractivity contribution in [3.05, 3.63) is 41.0 Å². The van der Waals surface area contributed by atoms with Crippen molar-refractivity contribution in [3.8, 4) is 28.7 Å². The van der Waals surface area contributed by atoms with Crippen LogP contribution in [0.2, 0.25) is 0 Å². The molecule has 0 bridgehead atoms. The van der Waals surface area contributed by atoms with E-state index in [-0.39, 0.29) is 43.7 Å². The van der Waals surface area contributed by atoms with Crippen LogP contribution >= 0.6 is 0 Å². The minimum absolute atomic E-state index is 0.0213. The fourth-order valence-electron chi connectivity index (χ4n) is 8.35. The molecule has 0 radical (unpaired) electrons. The van der Waals surface area contributed by atoms with Gasteiger partial charge >= 0.3 is 17.9 Å². The topological polar surface area (TPSA) is 171 Å². The standard InChI is InChI=1S/C38H44O16/c1-16(8-27(39)44-7)35(40)51-31-24(42-5)9-18(10-25(31)43-6)28-19-11-22-23(48-15-47-22)12-20(19)30(21-13-46-36(41)29(21)28)52-37-34-33(53-38(3,4)54-34)32-26(50-37)14-45-17(2)49-32/h9-12,16-17,21,26,28-30,32-34,37H,8,13-15H2,1-7H3/t16?,17-,21+,26-,28-,29+,30-,32-,33+,34-,37?/m1/s1. The van der Waals surface area contributed by atoms with Crippen LogP contribution in [-0.4, -0.2) is 102 Å². The first-order valence-electron chi connectivity index (χ1n) is 18.0. The second-order valence-corrected chi connectivity index (χ2v) is 14.7. The Balaban J connectivity index is 1.18. The summed E-state index contributed by atoms with van der Waals surface area (Å²) in [5.74, 6) is -3.84. The van der Waals surface area contributed by atoms with Gasteiger partial charge in [-0.15, -0.1) is 0 Å². The maximum absolute atomic E-state index is 13.9. The third-order valence-corrected chi connectivity index (χ3v) is 10.8. The Morgan fingerprint density at radius 1 is 0.889 bits per heavy atom. The van der Waals surface area contributed by atoms with E-state index in [1.807, 2.05) is 32.9 Å².